The summed E-state index contributed by atoms with van der Waals surface area (Å²) < 4.78 is 26.9. The van der Waals surface area contributed by atoms with Crippen molar-refractivity contribution in [3.05, 3.63) is 64.1 Å². The topological polar surface area (TPSA) is 54.5 Å². The summed E-state index contributed by atoms with van der Waals surface area (Å²) in [5.41, 5.74) is 0.674. The van der Waals surface area contributed by atoms with Gasteiger partial charge in [-0.05, 0) is 31.0 Å². The number of carbonyl (C=O) groups is 1. The van der Waals surface area contributed by atoms with E-state index in [2.05, 4.69) is 0 Å². The van der Waals surface area contributed by atoms with E-state index in [1.165, 1.54) is 22.5 Å². The average molecular weight is 398 g/mol. The van der Waals surface area contributed by atoms with E-state index in [1.54, 1.807) is 12.1 Å². The zero-order valence-corrected chi connectivity index (χ0v) is 15.7. The molecule has 0 aromatic heterocycles. The SMILES string of the molecule is O=C(c1ccccc1)C1CCN(S(=O)(=O)c2ccc(Cl)c(Cl)c2)CC1. The molecule has 0 radical (unpaired) electrons. The Kier molecular flexibility index (Phi) is 5.49. The minimum absolute atomic E-state index is 0.0761. The van der Waals surface area contributed by atoms with Crippen molar-refractivity contribution in [3.63, 3.8) is 0 Å². The molecule has 1 fully saturated rings. The first-order valence-electron chi connectivity index (χ1n) is 7.94. The third-order valence-electron chi connectivity index (χ3n) is 4.41. The standard InChI is InChI=1S/C18H17Cl2NO3S/c19-16-7-6-15(12-17(16)20)25(23,24)21-10-8-14(9-11-21)18(22)13-4-2-1-3-5-13/h1-7,12,14H,8-11H2. The Morgan fingerprint density at radius 1 is 0.960 bits per heavy atom. The number of ketones is 1. The summed E-state index contributed by atoms with van der Waals surface area (Å²) in [6, 6.07) is 13.4. The van der Waals surface area contributed by atoms with E-state index >= 15 is 0 Å². The van der Waals surface area contributed by atoms with Crippen LogP contribution in [0.5, 0.6) is 0 Å². The van der Waals surface area contributed by atoms with Crippen LogP contribution >= 0.6 is 23.2 Å². The molecule has 4 nitrogen and oxygen atoms in total. The lowest BCUT2D eigenvalue weighted by Gasteiger charge is -2.30. The predicted molar refractivity (Wildman–Crippen MR) is 98.7 cm³/mol. The van der Waals surface area contributed by atoms with Crippen LogP contribution in [0, 0.1) is 5.92 Å². The number of hydrogen-bond acceptors (Lipinski definition) is 3. The molecule has 1 aliphatic rings. The normalized spacial score (nSPS) is 16.7. The van der Waals surface area contributed by atoms with Crippen molar-refractivity contribution in [1.29, 1.82) is 0 Å². The summed E-state index contributed by atoms with van der Waals surface area (Å²) >= 11 is 11.8. The molecule has 0 bridgehead atoms. The van der Waals surface area contributed by atoms with Gasteiger partial charge in [-0.3, -0.25) is 4.79 Å². The van der Waals surface area contributed by atoms with Crippen LogP contribution in [0.25, 0.3) is 0 Å². The quantitative estimate of drug-likeness (QED) is 0.723. The Bertz CT molecular complexity index is 876. The Balaban J connectivity index is 1.71. The first kappa shape index (κ1) is 18.4. The molecule has 0 spiro atoms. The highest BCUT2D eigenvalue weighted by molar-refractivity contribution is 7.89. The molecule has 1 saturated heterocycles. The van der Waals surface area contributed by atoms with Crippen LogP contribution in [0.15, 0.2) is 53.4 Å². The molecule has 0 aliphatic carbocycles. The number of hydrogen-bond donors (Lipinski definition) is 0. The van der Waals surface area contributed by atoms with Crippen molar-refractivity contribution in [2.75, 3.05) is 13.1 Å². The summed E-state index contributed by atoms with van der Waals surface area (Å²) in [6.45, 7) is 0.623. The number of halogens is 2. The summed E-state index contributed by atoms with van der Waals surface area (Å²) in [6.07, 6.45) is 1.02. The highest BCUT2D eigenvalue weighted by Gasteiger charge is 2.32. The maximum absolute atomic E-state index is 12.7. The summed E-state index contributed by atoms with van der Waals surface area (Å²) in [4.78, 5) is 12.6. The molecule has 1 heterocycles. The van der Waals surface area contributed by atoms with Crippen LogP contribution in [0.2, 0.25) is 10.0 Å². The van der Waals surface area contributed by atoms with Gasteiger partial charge in [-0.1, -0.05) is 53.5 Å². The number of carbonyl (C=O) groups excluding carboxylic acids is 1. The van der Waals surface area contributed by atoms with Gasteiger partial charge >= 0.3 is 0 Å². The molecule has 0 N–H and O–H groups in total. The first-order chi connectivity index (χ1) is 11.9. The molecule has 1 aliphatic heterocycles. The maximum Gasteiger partial charge on any atom is 0.243 e. The van der Waals surface area contributed by atoms with Crippen molar-refractivity contribution in [3.8, 4) is 0 Å². The van der Waals surface area contributed by atoms with Crippen LogP contribution in [0.1, 0.15) is 23.2 Å². The second-order valence-electron chi connectivity index (χ2n) is 5.98. The fraction of sp³-hybridized carbons (Fsp3) is 0.278. The summed E-state index contributed by atoms with van der Waals surface area (Å²) in [7, 11) is -3.64. The zero-order valence-electron chi connectivity index (χ0n) is 13.4. The van der Waals surface area contributed by atoms with Crippen LogP contribution in [-0.2, 0) is 10.0 Å². The molecule has 25 heavy (non-hydrogen) atoms. The number of rotatable bonds is 4. The lowest BCUT2D eigenvalue weighted by molar-refractivity contribution is 0.0875. The van der Waals surface area contributed by atoms with E-state index in [4.69, 9.17) is 23.2 Å². The minimum Gasteiger partial charge on any atom is -0.294 e. The van der Waals surface area contributed by atoms with E-state index in [-0.39, 0.29) is 21.6 Å². The van der Waals surface area contributed by atoms with Gasteiger partial charge in [-0.2, -0.15) is 4.31 Å². The molecule has 2 aromatic rings. The highest BCUT2D eigenvalue weighted by Crippen LogP contribution is 2.29. The van der Waals surface area contributed by atoms with Gasteiger partial charge in [0.1, 0.15) is 0 Å². The molecule has 7 heteroatoms. The van der Waals surface area contributed by atoms with Gasteiger partial charge < -0.3 is 0 Å². The van der Waals surface area contributed by atoms with E-state index in [9.17, 15) is 13.2 Å². The summed E-state index contributed by atoms with van der Waals surface area (Å²) in [5.74, 6) is -0.0742. The zero-order chi connectivity index (χ0) is 18.0. The van der Waals surface area contributed by atoms with Crippen molar-refractivity contribution in [1.82, 2.24) is 4.31 Å². The van der Waals surface area contributed by atoms with E-state index in [0.29, 0.717) is 36.5 Å². The van der Waals surface area contributed by atoms with Crippen LogP contribution < -0.4 is 0 Å². The highest BCUT2D eigenvalue weighted by atomic mass is 35.5. The van der Waals surface area contributed by atoms with Gasteiger partial charge in [-0.25, -0.2) is 8.42 Å². The summed E-state index contributed by atoms with van der Waals surface area (Å²) in [5, 5.41) is 0.518. The molecule has 0 saturated carbocycles. The average Bonchev–Trinajstić information content (AvgIpc) is 2.64. The fourth-order valence-electron chi connectivity index (χ4n) is 2.98. The minimum atomic E-state index is -3.64. The smallest absolute Gasteiger partial charge is 0.243 e. The van der Waals surface area contributed by atoms with Crippen molar-refractivity contribution >= 4 is 39.0 Å². The van der Waals surface area contributed by atoms with Crippen molar-refractivity contribution in [2.24, 2.45) is 5.92 Å². The largest absolute Gasteiger partial charge is 0.294 e. The third-order valence-corrected chi connectivity index (χ3v) is 7.05. The van der Waals surface area contributed by atoms with E-state index in [1.807, 2.05) is 18.2 Å². The van der Waals surface area contributed by atoms with Gasteiger partial charge in [0.15, 0.2) is 5.78 Å². The predicted octanol–water partition coefficient (Wildman–Crippen LogP) is 4.28. The third kappa shape index (κ3) is 3.90. The van der Waals surface area contributed by atoms with Gasteiger partial charge in [0.05, 0.1) is 14.9 Å². The van der Waals surface area contributed by atoms with Gasteiger partial charge in [0, 0.05) is 24.6 Å². The van der Waals surface area contributed by atoms with Crippen LogP contribution in [0.4, 0.5) is 0 Å². The Labute approximate surface area is 157 Å². The number of piperidine rings is 1. The van der Waals surface area contributed by atoms with Crippen LogP contribution in [-0.4, -0.2) is 31.6 Å². The lowest BCUT2D eigenvalue weighted by Crippen LogP contribution is -2.40. The van der Waals surface area contributed by atoms with E-state index < -0.39 is 10.0 Å². The Morgan fingerprint density at radius 3 is 2.20 bits per heavy atom. The monoisotopic (exact) mass is 397 g/mol. The first-order valence-corrected chi connectivity index (χ1v) is 10.1. The molecule has 0 atom stereocenters. The second kappa shape index (κ2) is 7.46. The maximum atomic E-state index is 12.7. The van der Waals surface area contributed by atoms with Crippen molar-refractivity contribution < 1.29 is 13.2 Å². The molecule has 0 amide bonds. The molecular formula is C18H17Cl2NO3S. The number of benzene rings is 2. The number of nitrogens with zero attached hydrogens (tertiary/aromatic N) is 1. The van der Waals surface area contributed by atoms with Crippen molar-refractivity contribution in [2.45, 2.75) is 17.7 Å². The van der Waals surface area contributed by atoms with Gasteiger partial charge in [-0.15, -0.1) is 0 Å². The van der Waals surface area contributed by atoms with E-state index in [0.717, 1.165) is 0 Å². The molecule has 0 unspecified atom stereocenters. The molecule has 3 rings (SSSR count). The number of Topliss-reactive ketones (excluding diaryl/α,β-unsaturated/α-hetero) is 1. The van der Waals surface area contributed by atoms with Gasteiger partial charge in [0.25, 0.3) is 0 Å². The number of sulfonamides is 1. The lowest BCUT2D eigenvalue weighted by atomic mass is 9.90. The Morgan fingerprint density at radius 2 is 1.60 bits per heavy atom. The second-order valence-corrected chi connectivity index (χ2v) is 8.74. The molecular weight excluding hydrogens is 381 g/mol. The van der Waals surface area contributed by atoms with Crippen LogP contribution in [0.3, 0.4) is 0 Å². The molecule has 132 valence electrons. The Hall–Kier alpha value is -1.40. The fourth-order valence-corrected chi connectivity index (χ4v) is 4.84. The van der Waals surface area contributed by atoms with Gasteiger partial charge in [0.2, 0.25) is 10.0 Å². The molecule has 2 aromatic carbocycles.